The van der Waals surface area contributed by atoms with Gasteiger partial charge in [-0.2, -0.15) is 0 Å². The molecule has 0 aliphatic carbocycles. The number of rotatable bonds is 17. The molecule has 0 saturated heterocycles. The number of hydrogen-bond acceptors (Lipinski definition) is 9. The summed E-state index contributed by atoms with van der Waals surface area (Å²) in [6, 6.07) is 0.0748. The molecule has 1 aromatic carbocycles. The minimum Gasteiger partial charge on any atom is -0.508 e. The molecule has 0 saturated carbocycles. The van der Waals surface area contributed by atoms with Crippen molar-refractivity contribution in [2.45, 2.75) is 62.7 Å². The van der Waals surface area contributed by atoms with Gasteiger partial charge in [0, 0.05) is 12.8 Å². The van der Waals surface area contributed by atoms with Gasteiger partial charge < -0.3 is 49.1 Å². The molecular formula is C23H33N7O9. The van der Waals surface area contributed by atoms with Crippen LogP contribution in [0, 0.1) is 0 Å². The highest BCUT2D eigenvalue weighted by Crippen LogP contribution is 2.11. The van der Waals surface area contributed by atoms with E-state index >= 15 is 0 Å². The third-order valence-corrected chi connectivity index (χ3v) is 5.37. The second-order valence-electron chi connectivity index (χ2n) is 8.68. The van der Waals surface area contributed by atoms with Gasteiger partial charge in [0.1, 0.15) is 23.9 Å². The number of aromatic hydroxyl groups is 1. The maximum Gasteiger partial charge on any atom is 0.326 e. The number of nitrogens with two attached hydrogens (primary N) is 4. The predicted molar refractivity (Wildman–Crippen MR) is 134 cm³/mol. The molecule has 0 aliphatic rings. The molecule has 4 unspecified atom stereocenters. The fourth-order valence-electron chi connectivity index (χ4n) is 3.31. The number of primary amides is 3. The third kappa shape index (κ3) is 12.4. The molecule has 0 bridgehead atoms. The van der Waals surface area contributed by atoms with Gasteiger partial charge in [-0.25, -0.2) is 4.79 Å². The van der Waals surface area contributed by atoms with Crippen LogP contribution in [-0.2, 0) is 40.0 Å². The zero-order chi connectivity index (χ0) is 29.7. The Morgan fingerprint density at radius 1 is 0.692 bits per heavy atom. The Morgan fingerprint density at radius 3 is 1.64 bits per heavy atom. The van der Waals surface area contributed by atoms with Gasteiger partial charge in [0.05, 0.1) is 12.5 Å². The standard InChI is InChI=1S/C23H33N7O9/c24-13(9-11-1-3-12(31)4-2-11)20(35)28-14(5-7-17(25)32)21(36)30-16(10-19(27)34)22(37)29-15(23(38)39)6-8-18(26)33/h1-4,13-16,31H,5-10,24H2,(H2,25,32)(H2,26,33)(H2,27,34)(H,28,35)(H,29,37)(H,30,36)(H,38,39). The van der Waals surface area contributed by atoms with Crippen LogP contribution >= 0.6 is 0 Å². The highest BCUT2D eigenvalue weighted by Gasteiger charge is 2.31. The molecule has 0 radical (unpaired) electrons. The summed E-state index contributed by atoms with van der Waals surface area (Å²) in [7, 11) is 0. The lowest BCUT2D eigenvalue weighted by atomic mass is 10.0. The first-order valence-electron chi connectivity index (χ1n) is 11.7. The van der Waals surface area contributed by atoms with Crippen LogP contribution in [0.25, 0.3) is 0 Å². The van der Waals surface area contributed by atoms with Crippen LogP contribution < -0.4 is 38.9 Å². The molecule has 13 N–H and O–H groups in total. The number of carbonyl (C=O) groups excluding carboxylic acids is 6. The number of benzene rings is 1. The van der Waals surface area contributed by atoms with Crippen LogP contribution in [0.15, 0.2) is 24.3 Å². The number of phenolic OH excluding ortho intramolecular Hbond substituents is 1. The van der Waals surface area contributed by atoms with Crippen molar-refractivity contribution >= 4 is 41.4 Å². The number of hydrogen-bond donors (Lipinski definition) is 9. The summed E-state index contributed by atoms with van der Waals surface area (Å²) in [6.45, 7) is 0. The molecule has 0 aromatic heterocycles. The Morgan fingerprint density at radius 2 is 1.15 bits per heavy atom. The van der Waals surface area contributed by atoms with E-state index in [1.165, 1.54) is 12.1 Å². The third-order valence-electron chi connectivity index (χ3n) is 5.37. The van der Waals surface area contributed by atoms with E-state index in [1.807, 2.05) is 0 Å². The number of nitrogens with one attached hydrogen (secondary N) is 3. The SMILES string of the molecule is NC(=O)CCC(NC(=O)C(CC(N)=O)NC(=O)C(CCC(N)=O)NC(=O)C(N)Cc1ccc(O)cc1)C(=O)O. The van der Waals surface area contributed by atoms with E-state index in [4.69, 9.17) is 22.9 Å². The molecule has 16 nitrogen and oxygen atoms in total. The molecule has 39 heavy (non-hydrogen) atoms. The second-order valence-corrected chi connectivity index (χ2v) is 8.68. The summed E-state index contributed by atoms with van der Waals surface area (Å²) in [4.78, 5) is 83.6. The van der Waals surface area contributed by atoms with E-state index in [2.05, 4.69) is 16.0 Å². The first-order valence-corrected chi connectivity index (χ1v) is 11.7. The fraction of sp³-hybridized carbons (Fsp3) is 0.435. The lowest BCUT2D eigenvalue weighted by molar-refractivity contribution is -0.142. The molecule has 0 fully saturated rings. The molecule has 0 aliphatic heterocycles. The van der Waals surface area contributed by atoms with Crippen LogP contribution in [0.1, 0.15) is 37.7 Å². The molecule has 16 heteroatoms. The maximum atomic E-state index is 13.0. The zero-order valence-electron chi connectivity index (χ0n) is 20.9. The first-order chi connectivity index (χ1) is 18.2. The lowest BCUT2D eigenvalue weighted by Crippen LogP contribution is -2.58. The molecule has 214 valence electrons. The van der Waals surface area contributed by atoms with Crippen molar-refractivity contribution in [3.8, 4) is 5.75 Å². The second kappa shape index (κ2) is 15.5. The molecule has 0 heterocycles. The van der Waals surface area contributed by atoms with Crippen molar-refractivity contribution < 1.29 is 43.8 Å². The molecule has 1 rings (SSSR count). The predicted octanol–water partition coefficient (Wildman–Crippen LogP) is -3.79. The largest absolute Gasteiger partial charge is 0.508 e. The smallest absolute Gasteiger partial charge is 0.326 e. The Balaban J connectivity index is 3.01. The van der Waals surface area contributed by atoms with E-state index in [0.29, 0.717) is 5.56 Å². The average Bonchev–Trinajstić information content (AvgIpc) is 2.84. The van der Waals surface area contributed by atoms with Crippen LogP contribution in [0.3, 0.4) is 0 Å². The Labute approximate surface area is 222 Å². The fourth-order valence-corrected chi connectivity index (χ4v) is 3.31. The van der Waals surface area contributed by atoms with Crippen molar-refractivity contribution in [2.24, 2.45) is 22.9 Å². The minimum absolute atomic E-state index is 0.0112. The molecule has 1 aromatic rings. The minimum atomic E-state index is -1.66. The number of carbonyl (C=O) groups is 7. The van der Waals surface area contributed by atoms with Crippen LogP contribution in [0.2, 0.25) is 0 Å². The van der Waals surface area contributed by atoms with Gasteiger partial charge in [0.2, 0.25) is 35.4 Å². The van der Waals surface area contributed by atoms with Gasteiger partial charge in [-0.3, -0.25) is 28.8 Å². The highest BCUT2D eigenvalue weighted by molar-refractivity contribution is 5.96. The van der Waals surface area contributed by atoms with Crippen molar-refractivity contribution in [3.05, 3.63) is 29.8 Å². The van der Waals surface area contributed by atoms with Gasteiger partial charge in [-0.15, -0.1) is 0 Å². The van der Waals surface area contributed by atoms with E-state index in [1.54, 1.807) is 12.1 Å². The van der Waals surface area contributed by atoms with E-state index < -0.39 is 72.0 Å². The molecule has 6 amide bonds. The van der Waals surface area contributed by atoms with Crippen molar-refractivity contribution in [2.75, 3.05) is 0 Å². The van der Waals surface area contributed by atoms with Gasteiger partial charge in [0.15, 0.2) is 0 Å². The number of phenols is 1. The summed E-state index contributed by atoms with van der Waals surface area (Å²) in [5, 5.41) is 25.3. The van der Waals surface area contributed by atoms with E-state index in [-0.39, 0.29) is 37.9 Å². The number of carboxylic acids is 1. The topological polar surface area (TPSA) is 300 Å². The maximum absolute atomic E-state index is 13.0. The molecule has 0 spiro atoms. The Kier molecular flexibility index (Phi) is 12.8. The van der Waals surface area contributed by atoms with Crippen molar-refractivity contribution in [1.29, 1.82) is 0 Å². The number of carboxylic acid groups (broad SMARTS) is 1. The van der Waals surface area contributed by atoms with Crippen LogP contribution in [-0.4, -0.2) is 75.8 Å². The van der Waals surface area contributed by atoms with Gasteiger partial charge in [-0.05, 0) is 37.0 Å². The van der Waals surface area contributed by atoms with Crippen LogP contribution in [0.4, 0.5) is 0 Å². The summed E-state index contributed by atoms with van der Waals surface area (Å²) >= 11 is 0. The van der Waals surface area contributed by atoms with Crippen molar-refractivity contribution in [3.63, 3.8) is 0 Å². The first kappa shape index (κ1) is 32.3. The number of amides is 6. The van der Waals surface area contributed by atoms with E-state index in [9.17, 15) is 43.8 Å². The van der Waals surface area contributed by atoms with Gasteiger partial charge >= 0.3 is 5.97 Å². The molecule has 4 atom stereocenters. The summed E-state index contributed by atoms with van der Waals surface area (Å²) in [5.74, 6) is -7.02. The zero-order valence-corrected chi connectivity index (χ0v) is 20.9. The van der Waals surface area contributed by atoms with Gasteiger partial charge in [0.25, 0.3) is 0 Å². The average molecular weight is 552 g/mol. The van der Waals surface area contributed by atoms with E-state index in [0.717, 1.165) is 0 Å². The normalized spacial score (nSPS) is 13.7. The lowest BCUT2D eigenvalue weighted by Gasteiger charge is -2.24. The molecular weight excluding hydrogens is 518 g/mol. The monoisotopic (exact) mass is 551 g/mol. The van der Waals surface area contributed by atoms with Gasteiger partial charge in [-0.1, -0.05) is 12.1 Å². The summed E-state index contributed by atoms with van der Waals surface area (Å²) < 4.78 is 0. The van der Waals surface area contributed by atoms with Crippen molar-refractivity contribution in [1.82, 2.24) is 16.0 Å². The Bertz CT molecular complexity index is 1080. The Hall–Kier alpha value is -4.73. The highest BCUT2D eigenvalue weighted by atomic mass is 16.4. The van der Waals surface area contributed by atoms with Crippen LogP contribution in [0.5, 0.6) is 5.75 Å². The quantitative estimate of drug-likeness (QED) is 0.0909. The summed E-state index contributed by atoms with van der Waals surface area (Å²) in [5.41, 5.74) is 21.9. The summed E-state index contributed by atoms with van der Waals surface area (Å²) in [6.07, 6.45) is -2.06. The number of aliphatic carboxylic acids is 1.